The minimum Gasteiger partial charge on any atom is -0.381 e. The molecule has 1 saturated heterocycles. The summed E-state index contributed by atoms with van der Waals surface area (Å²) in [5.74, 6) is -1.61. The Bertz CT molecular complexity index is 665. The van der Waals surface area contributed by atoms with Crippen molar-refractivity contribution in [3.05, 3.63) is 34.1 Å². The molecule has 3 rings (SSSR count). The molecule has 0 radical (unpaired) electrons. The first kappa shape index (κ1) is 14.6. The summed E-state index contributed by atoms with van der Waals surface area (Å²) >= 11 is 3.00. The van der Waals surface area contributed by atoms with Crippen LogP contribution in [0.5, 0.6) is 0 Å². The second-order valence-corrected chi connectivity index (χ2v) is 5.61. The van der Waals surface area contributed by atoms with Gasteiger partial charge in [0.1, 0.15) is 0 Å². The molecule has 0 bridgehead atoms. The van der Waals surface area contributed by atoms with Crippen molar-refractivity contribution in [1.29, 1.82) is 0 Å². The predicted molar refractivity (Wildman–Crippen MR) is 73.5 cm³/mol. The molecule has 0 amide bonds. The van der Waals surface area contributed by atoms with E-state index in [9.17, 15) is 8.78 Å². The smallest absolute Gasteiger partial charge is 0.233 e. The van der Waals surface area contributed by atoms with E-state index < -0.39 is 11.6 Å². The van der Waals surface area contributed by atoms with Crippen molar-refractivity contribution in [2.45, 2.75) is 18.4 Å². The van der Waals surface area contributed by atoms with Crippen molar-refractivity contribution in [3.63, 3.8) is 0 Å². The Balaban J connectivity index is 1.93. The fourth-order valence-electron chi connectivity index (χ4n) is 2.20. The number of aromatic nitrogens is 2. The van der Waals surface area contributed by atoms with Crippen molar-refractivity contribution in [1.82, 2.24) is 10.1 Å². The molecular weight excluding hydrogens is 348 g/mol. The van der Waals surface area contributed by atoms with Crippen LogP contribution in [0.15, 0.2) is 21.1 Å². The lowest BCUT2D eigenvalue weighted by Crippen LogP contribution is -2.37. The van der Waals surface area contributed by atoms with Crippen molar-refractivity contribution in [3.8, 4) is 11.4 Å². The lowest BCUT2D eigenvalue weighted by Gasteiger charge is -2.25. The molecule has 1 aliphatic rings. The van der Waals surface area contributed by atoms with Crippen LogP contribution in [0.3, 0.4) is 0 Å². The second kappa shape index (κ2) is 5.78. The number of nitrogens with two attached hydrogens (primary N) is 1. The number of hydrogen-bond acceptors (Lipinski definition) is 5. The summed E-state index contributed by atoms with van der Waals surface area (Å²) in [6.07, 6.45) is 0.706. The first-order valence-corrected chi connectivity index (χ1v) is 7.18. The quantitative estimate of drug-likeness (QED) is 0.834. The molecule has 2 heterocycles. The summed E-state index contributed by atoms with van der Waals surface area (Å²) in [5, 5.41) is 3.81. The number of halogens is 3. The van der Waals surface area contributed by atoms with E-state index in [0.717, 1.165) is 6.07 Å². The molecule has 21 heavy (non-hydrogen) atoms. The highest BCUT2D eigenvalue weighted by Gasteiger charge is 2.29. The van der Waals surface area contributed by atoms with Crippen LogP contribution in [0.1, 0.15) is 18.2 Å². The highest BCUT2D eigenvalue weighted by atomic mass is 79.9. The zero-order valence-electron chi connectivity index (χ0n) is 10.9. The van der Waals surface area contributed by atoms with E-state index in [4.69, 9.17) is 15.0 Å². The van der Waals surface area contributed by atoms with E-state index in [0.29, 0.717) is 31.1 Å². The van der Waals surface area contributed by atoms with Crippen LogP contribution in [0.25, 0.3) is 11.4 Å². The van der Waals surface area contributed by atoms with Gasteiger partial charge in [-0.05, 0) is 34.5 Å². The minimum atomic E-state index is -0.989. The van der Waals surface area contributed by atoms with Gasteiger partial charge in [0.05, 0.1) is 17.0 Å². The summed E-state index contributed by atoms with van der Waals surface area (Å²) in [7, 11) is 0. The molecule has 1 fully saturated rings. The van der Waals surface area contributed by atoms with Gasteiger partial charge >= 0.3 is 0 Å². The van der Waals surface area contributed by atoms with Gasteiger partial charge in [-0.1, -0.05) is 5.16 Å². The van der Waals surface area contributed by atoms with E-state index >= 15 is 0 Å². The predicted octanol–water partition coefficient (Wildman–Crippen LogP) is 2.61. The SMILES string of the molecule is NC1CCOCC1c1nc(-c2ccc(F)c(F)c2Br)no1. The van der Waals surface area contributed by atoms with Crippen molar-refractivity contribution in [2.24, 2.45) is 5.73 Å². The topological polar surface area (TPSA) is 74.2 Å². The molecule has 0 spiro atoms. The molecular formula is C13H12BrF2N3O2. The Morgan fingerprint density at radius 2 is 2.14 bits per heavy atom. The summed E-state index contributed by atoms with van der Waals surface area (Å²) in [4.78, 5) is 4.23. The van der Waals surface area contributed by atoms with Crippen LogP contribution in [0.4, 0.5) is 8.78 Å². The van der Waals surface area contributed by atoms with Crippen LogP contribution in [-0.4, -0.2) is 29.4 Å². The Hall–Kier alpha value is -1.38. The Morgan fingerprint density at radius 1 is 1.33 bits per heavy atom. The maximum absolute atomic E-state index is 13.6. The third-order valence-electron chi connectivity index (χ3n) is 3.44. The third-order valence-corrected chi connectivity index (χ3v) is 4.22. The van der Waals surface area contributed by atoms with Crippen molar-refractivity contribution >= 4 is 15.9 Å². The van der Waals surface area contributed by atoms with E-state index in [1.165, 1.54) is 6.07 Å². The van der Waals surface area contributed by atoms with Crippen LogP contribution in [-0.2, 0) is 4.74 Å². The molecule has 5 nitrogen and oxygen atoms in total. The molecule has 112 valence electrons. The molecule has 2 atom stereocenters. The summed E-state index contributed by atoms with van der Waals surface area (Å²) in [6.45, 7) is 1.01. The van der Waals surface area contributed by atoms with Gasteiger partial charge in [0.15, 0.2) is 11.6 Å². The number of ether oxygens (including phenoxy) is 1. The highest BCUT2D eigenvalue weighted by molar-refractivity contribution is 9.10. The molecule has 2 unspecified atom stereocenters. The molecule has 8 heteroatoms. The van der Waals surface area contributed by atoms with E-state index in [-0.39, 0.29) is 22.3 Å². The van der Waals surface area contributed by atoms with Gasteiger partial charge in [-0.25, -0.2) is 8.78 Å². The number of nitrogens with zero attached hydrogens (tertiary/aromatic N) is 2. The largest absolute Gasteiger partial charge is 0.381 e. The average molecular weight is 360 g/mol. The van der Waals surface area contributed by atoms with Crippen LogP contribution in [0, 0.1) is 11.6 Å². The number of hydrogen-bond donors (Lipinski definition) is 1. The van der Waals surface area contributed by atoms with Crippen molar-refractivity contribution < 1.29 is 18.0 Å². The average Bonchev–Trinajstić information content (AvgIpc) is 2.95. The second-order valence-electron chi connectivity index (χ2n) is 4.81. The molecule has 2 N–H and O–H groups in total. The maximum atomic E-state index is 13.6. The molecule has 2 aromatic rings. The Kier molecular flexibility index (Phi) is 4.01. The maximum Gasteiger partial charge on any atom is 0.233 e. The molecule has 1 aliphatic heterocycles. The standard InChI is InChI=1S/C13H12BrF2N3O2/c14-10-6(1-2-8(15)11(10)16)12-18-13(21-19-12)7-5-20-4-3-9(7)17/h1-2,7,9H,3-5,17H2. The number of benzene rings is 1. The molecule has 0 saturated carbocycles. The molecule has 1 aromatic carbocycles. The normalized spacial score (nSPS) is 22.5. The van der Waals surface area contributed by atoms with Crippen LogP contribution in [0.2, 0.25) is 0 Å². The van der Waals surface area contributed by atoms with Crippen molar-refractivity contribution in [2.75, 3.05) is 13.2 Å². The molecule has 0 aliphatic carbocycles. The van der Waals surface area contributed by atoms with Gasteiger partial charge < -0.3 is 15.0 Å². The lowest BCUT2D eigenvalue weighted by atomic mass is 9.97. The van der Waals surface area contributed by atoms with Gasteiger partial charge in [-0.3, -0.25) is 0 Å². The van der Waals surface area contributed by atoms with E-state index in [1.54, 1.807) is 0 Å². The van der Waals surface area contributed by atoms with Gasteiger partial charge in [-0.15, -0.1) is 0 Å². The minimum absolute atomic E-state index is 0.0426. The first-order valence-electron chi connectivity index (χ1n) is 6.38. The third kappa shape index (κ3) is 2.70. The van der Waals surface area contributed by atoms with Gasteiger partial charge in [-0.2, -0.15) is 4.98 Å². The molecule has 1 aromatic heterocycles. The van der Waals surface area contributed by atoms with Gasteiger partial charge in [0, 0.05) is 18.2 Å². The van der Waals surface area contributed by atoms with E-state index in [1.807, 2.05) is 0 Å². The Morgan fingerprint density at radius 3 is 2.90 bits per heavy atom. The van der Waals surface area contributed by atoms with Crippen LogP contribution >= 0.6 is 15.9 Å². The monoisotopic (exact) mass is 359 g/mol. The van der Waals surface area contributed by atoms with Gasteiger partial charge in [0.25, 0.3) is 0 Å². The first-order chi connectivity index (χ1) is 10.1. The fourth-order valence-corrected chi connectivity index (χ4v) is 2.70. The van der Waals surface area contributed by atoms with Gasteiger partial charge in [0.2, 0.25) is 11.7 Å². The zero-order valence-corrected chi connectivity index (χ0v) is 12.4. The zero-order chi connectivity index (χ0) is 15.0. The summed E-state index contributed by atoms with van der Waals surface area (Å²) in [6, 6.07) is 2.27. The highest BCUT2D eigenvalue weighted by Crippen LogP contribution is 2.31. The van der Waals surface area contributed by atoms with E-state index in [2.05, 4.69) is 26.1 Å². The Labute approximate surface area is 127 Å². The summed E-state index contributed by atoms with van der Waals surface area (Å²) < 4.78 is 37.2. The number of rotatable bonds is 2. The van der Waals surface area contributed by atoms with Crippen LogP contribution < -0.4 is 5.73 Å². The summed E-state index contributed by atoms with van der Waals surface area (Å²) in [5.41, 5.74) is 6.32. The lowest BCUT2D eigenvalue weighted by molar-refractivity contribution is 0.0590. The fraction of sp³-hybridized carbons (Fsp3) is 0.385.